The molecule has 1 aromatic heterocycles. The van der Waals surface area contributed by atoms with Crippen molar-refractivity contribution in [2.75, 3.05) is 20.6 Å². The quantitative estimate of drug-likeness (QED) is 0.527. The molecule has 0 atom stereocenters. The van der Waals surface area contributed by atoms with Gasteiger partial charge in [-0.15, -0.1) is 0 Å². The highest BCUT2D eigenvalue weighted by molar-refractivity contribution is 7.89. The first-order valence-electron chi connectivity index (χ1n) is 8.71. The summed E-state index contributed by atoms with van der Waals surface area (Å²) in [4.78, 5) is 18.1. The molecule has 0 radical (unpaired) electrons. The normalized spacial score (nSPS) is 11.6. The molecule has 0 bridgehead atoms. The molecular weight excluding hydrogens is 451 g/mol. The standard InChI is InChI=1S/C19H18Cl2N4O4S/c1-24(11-17-22-19(23-29-17)13-3-5-14(20)6-4-13)18(26)12-25(2)30(27,28)16-9-7-15(21)8-10-16/h3-10H,11-12H2,1-2H3. The molecule has 0 unspecified atom stereocenters. The molecule has 0 spiro atoms. The van der Waals surface area contributed by atoms with Gasteiger partial charge in [0.2, 0.25) is 27.6 Å². The average Bonchev–Trinajstić information content (AvgIpc) is 3.17. The zero-order chi connectivity index (χ0) is 21.9. The molecule has 158 valence electrons. The van der Waals surface area contributed by atoms with Gasteiger partial charge in [-0.2, -0.15) is 9.29 Å². The number of halogens is 2. The second-order valence-corrected chi connectivity index (χ2v) is 9.40. The minimum atomic E-state index is -3.83. The van der Waals surface area contributed by atoms with Crippen molar-refractivity contribution in [3.63, 3.8) is 0 Å². The summed E-state index contributed by atoms with van der Waals surface area (Å²) in [5.74, 6) is 0.158. The molecule has 30 heavy (non-hydrogen) atoms. The van der Waals surface area contributed by atoms with E-state index in [2.05, 4.69) is 10.1 Å². The summed E-state index contributed by atoms with van der Waals surface area (Å²) in [5, 5.41) is 4.90. The minimum Gasteiger partial charge on any atom is -0.337 e. The van der Waals surface area contributed by atoms with Crippen molar-refractivity contribution >= 4 is 39.1 Å². The Labute approximate surface area is 184 Å². The summed E-state index contributed by atoms with van der Waals surface area (Å²) in [6, 6.07) is 12.6. The number of rotatable bonds is 7. The van der Waals surface area contributed by atoms with Gasteiger partial charge in [-0.25, -0.2) is 8.42 Å². The smallest absolute Gasteiger partial charge is 0.246 e. The van der Waals surface area contributed by atoms with E-state index in [4.69, 9.17) is 27.7 Å². The molecule has 0 aliphatic rings. The highest BCUT2D eigenvalue weighted by Crippen LogP contribution is 2.20. The van der Waals surface area contributed by atoms with Crippen molar-refractivity contribution < 1.29 is 17.7 Å². The first-order valence-corrected chi connectivity index (χ1v) is 10.9. The van der Waals surface area contributed by atoms with E-state index < -0.39 is 15.9 Å². The van der Waals surface area contributed by atoms with Crippen LogP contribution in [0.2, 0.25) is 10.0 Å². The van der Waals surface area contributed by atoms with Crippen LogP contribution in [0.1, 0.15) is 5.89 Å². The van der Waals surface area contributed by atoms with Crippen LogP contribution >= 0.6 is 23.2 Å². The molecule has 0 N–H and O–H groups in total. The van der Waals surface area contributed by atoms with E-state index in [0.717, 1.165) is 9.87 Å². The minimum absolute atomic E-state index is 0.0360. The Kier molecular flexibility index (Phi) is 6.77. The highest BCUT2D eigenvalue weighted by atomic mass is 35.5. The van der Waals surface area contributed by atoms with Gasteiger partial charge in [0, 0.05) is 29.7 Å². The Bertz CT molecular complexity index is 1130. The van der Waals surface area contributed by atoms with Crippen LogP contribution in [-0.2, 0) is 21.4 Å². The molecule has 11 heteroatoms. The maximum Gasteiger partial charge on any atom is 0.246 e. The predicted octanol–water partition coefficient (Wildman–Crippen LogP) is 3.32. The topological polar surface area (TPSA) is 96.6 Å². The monoisotopic (exact) mass is 468 g/mol. The summed E-state index contributed by atoms with van der Waals surface area (Å²) in [6.07, 6.45) is 0. The number of carbonyl (C=O) groups is 1. The van der Waals surface area contributed by atoms with Gasteiger partial charge in [-0.05, 0) is 48.5 Å². The van der Waals surface area contributed by atoms with Crippen LogP contribution in [0.15, 0.2) is 57.9 Å². The number of carbonyl (C=O) groups excluding carboxylic acids is 1. The molecule has 2 aromatic carbocycles. The van der Waals surface area contributed by atoms with E-state index in [9.17, 15) is 13.2 Å². The van der Waals surface area contributed by atoms with Crippen molar-refractivity contribution in [3.05, 3.63) is 64.5 Å². The Morgan fingerprint density at radius 2 is 1.57 bits per heavy atom. The highest BCUT2D eigenvalue weighted by Gasteiger charge is 2.25. The third-order valence-electron chi connectivity index (χ3n) is 4.25. The third kappa shape index (κ3) is 5.17. The van der Waals surface area contributed by atoms with Gasteiger partial charge < -0.3 is 9.42 Å². The van der Waals surface area contributed by atoms with E-state index in [1.54, 1.807) is 24.3 Å². The van der Waals surface area contributed by atoms with E-state index >= 15 is 0 Å². The van der Waals surface area contributed by atoms with E-state index in [1.165, 1.54) is 43.3 Å². The van der Waals surface area contributed by atoms with Gasteiger partial charge in [0.05, 0.1) is 18.0 Å². The molecule has 0 saturated carbocycles. The fraction of sp³-hybridized carbons (Fsp3) is 0.211. The molecular formula is C19H18Cl2N4O4S. The number of hydrogen-bond donors (Lipinski definition) is 0. The zero-order valence-corrected chi connectivity index (χ0v) is 18.4. The number of nitrogens with zero attached hydrogens (tertiary/aromatic N) is 4. The Hall–Kier alpha value is -2.46. The lowest BCUT2D eigenvalue weighted by molar-refractivity contribution is -0.130. The zero-order valence-electron chi connectivity index (χ0n) is 16.1. The van der Waals surface area contributed by atoms with Crippen LogP contribution in [0, 0.1) is 0 Å². The van der Waals surface area contributed by atoms with Gasteiger partial charge >= 0.3 is 0 Å². The van der Waals surface area contributed by atoms with Crippen LogP contribution in [0.5, 0.6) is 0 Å². The van der Waals surface area contributed by atoms with Gasteiger partial charge in [0.15, 0.2) is 0 Å². The summed E-state index contributed by atoms with van der Waals surface area (Å²) < 4.78 is 31.4. The second-order valence-electron chi connectivity index (χ2n) is 6.48. The van der Waals surface area contributed by atoms with Crippen LogP contribution in [0.4, 0.5) is 0 Å². The summed E-state index contributed by atoms with van der Waals surface area (Å²) in [6.45, 7) is -0.312. The maximum absolute atomic E-state index is 12.6. The number of amides is 1. The second kappa shape index (κ2) is 9.13. The lowest BCUT2D eigenvalue weighted by atomic mass is 10.2. The molecule has 3 aromatic rings. The third-order valence-corrected chi connectivity index (χ3v) is 6.57. The van der Waals surface area contributed by atoms with Crippen molar-refractivity contribution in [1.29, 1.82) is 0 Å². The fourth-order valence-electron chi connectivity index (χ4n) is 2.51. The molecule has 0 saturated heterocycles. The first-order chi connectivity index (χ1) is 14.2. The number of hydrogen-bond acceptors (Lipinski definition) is 6. The lowest BCUT2D eigenvalue weighted by Crippen LogP contribution is -2.39. The number of likely N-dealkylation sites (N-methyl/N-ethyl adjacent to an activating group) is 2. The molecule has 0 fully saturated rings. The van der Waals surface area contributed by atoms with E-state index in [0.29, 0.717) is 15.9 Å². The summed E-state index contributed by atoms with van der Waals surface area (Å²) in [5.41, 5.74) is 0.720. The maximum atomic E-state index is 12.6. The van der Waals surface area contributed by atoms with Gasteiger partial charge in [-0.3, -0.25) is 4.79 Å². The largest absolute Gasteiger partial charge is 0.337 e. The van der Waals surface area contributed by atoms with E-state index in [-0.39, 0.29) is 23.9 Å². The van der Waals surface area contributed by atoms with Crippen LogP contribution < -0.4 is 0 Å². The van der Waals surface area contributed by atoms with Crippen molar-refractivity contribution in [2.24, 2.45) is 0 Å². The molecule has 1 amide bonds. The first kappa shape index (κ1) is 22.2. The van der Waals surface area contributed by atoms with Gasteiger partial charge in [0.1, 0.15) is 0 Å². The van der Waals surface area contributed by atoms with Gasteiger partial charge in [0.25, 0.3) is 0 Å². The number of aromatic nitrogens is 2. The van der Waals surface area contributed by atoms with Crippen LogP contribution in [0.25, 0.3) is 11.4 Å². The molecule has 0 aliphatic carbocycles. The molecule has 1 heterocycles. The fourth-order valence-corrected chi connectivity index (χ4v) is 3.88. The van der Waals surface area contributed by atoms with Crippen LogP contribution in [-0.4, -0.2) is 54.3 Å². The van der Waals surface area contributed by atoms with Crippen LogP contribution in [0.3, 0.4) is 0 Å². The van der Waals surface area contributed by atoms with Crippen molar-refractivity contribution in [2.45, 2.75) is 11.4 Å². The summed E-state index contributed by atoms with van der Waals surface area (Å²) in [7, 11) is -0.968. The lowest BCUT2D eigenvalue weighted by Gasteiger charge is -2.20. The van der Waals surface area contributed by atoms with Crippen molar-refractivity contribution in [3.8, 4) is 11.4 Å². The SMILES string of the molecule is CN(Cc1nc(-c2ccc(Cl)cc2)no1)C(=O)CN(C)S(=O)(=O)c1ccc(Cl)cc1. The number of benzene rings is 2. The Morgan fingerprint density at radius 3 is 2.17 bits per heavy atom. The molecule has 3 rings (SSSR count). The Morgan fingerprint density at radius 1 is 1.00 bits per heavy atom. The molecule has 0 aliphatic heterocycles. The van der Waals surface area contributed by atoms with Gasteiger partial charge in [-0.1, -0.05) is 28.4 Å². The van der Waals surface area contributed by atoms with E-state index in [1.807, 2.05) is 0 Å². The Balaban J connectivity index is 1.63. The van der Waals surface area contributed by atoms with Crippen molar-refractivity contribution in [1.82, 2.24) is 19.3 Å². The predicted molar refractivity (Wildman–Crippen MR) is 112 cm³/mol. The molecule has 8 nitrogen and oxygen atoms in total. The number of sulfonamides is 1. The summed E-state index contributed by atoms with van der Waals surface area (Å²) >= 11 is 11.7. The average molecular weight is 469 g/mol.